The molecule has 0 bridgehead atoms. The zero-order valence-electron chi connectivity index (χ0n) is 11.5. The summed E-state index contributed by atoms with van der Waals surface area (Å²) in [5.74, 6) is -0.0867. The maximum Gasteiger partial charge on any atom is 0.259 e. The predicted molar refractivity (Wildman–Crippen MR) is 80.1 cm³/mol. The Kier molecular flexibility index (Phi) is 3.94. The molecule has 1 aliphatic heterocycles. The molecule has 1 aromatic heterocycles. The molecule has 1 fully saturated rings. The lowest BCUT2D eigenvalue weighted by Crippen LogP contribution is -2.45. The average Bonchev–Trinajstić information content (AvgIpc) is 2.96. The number of benzene rings is 1. The van der Waals surface area contributed by atoms with E-state index in [0.717, 1.165) is 24.9 Å². The molecule has 1 atom stereocenters. The predicted octanol–water partition coefficient (Wildman–Crippen LogP) is 2.56. The maximum absolute atomic E-state index is 12.6. The van der Waals surface area contributed by atoms with Gasteiger partial charge < -0.3 is 15.2 Å². The second-order valence-corrected chi connectivity index (χ2v) is 5.67. The quantitative estimate of drug-likeness (QED) is 0.925. The lowest BCUT2D eigenvalue weighted by atomic mass is 10.0. The highest BCUT2D eigenvalue weighted by Gasteiger charge is 2.26. The van der Waals surface area contributed by atoms with E-state index < -0.39 is 0 Å². The zero-order valence-corrected chi connectivity index (χ0v) is 12.2. The minimum atomic E-state index is -0.0867. The van der Waals surface area contributed by atoms with Crippen LogP contribution in [0.1, 0.15) is 23.2 Å². The first kappa shape index (κ1) is 14.1. The second kappa shape index (κ2) is 5.87. The van der Waals surface area contributed by atoms with Gasteiger partial charge in [-0.3, -0.25) is 4.79 Å². The van der Waals surface area contributed by atoms with Crippen molar-refractivity contribution in [3.05, 3.63) is 41.1 Å². The molecule has 2 heterocycles. The van der Waals surface area contributed by atoms with Gasteiger partial charge in [0.15, 0.2) is 0 Å². The molecule has 1 aliphatic rings. The Morgan fingerprint density at radius 1 is 1.38 bits per heavy atom. The number of hydrogen-bond donors (Lipinski definition) is 1. The van der Waals surface area contributed by atoms with Crippen molar-refractivity contribution in [3.63, 3.8) is 0 Å². The van der Waals surface area contributed by atoms with Crippen LogP contribution in [0.2, 0.25) is 5.02 Å². The smallest absolute Gasteiger partial charge is 0.259 e. The average molecular weight is 306 g/mol. The topological polar surface area (TPSA) is 72.4 Å². The van der Waals surface area contributed by atoms with Gasteiger partial charge in [-0.05, 0) is 25.0 Å². The first-order valence-corrected chi connectivity index (χ1v) is 7.28. The van der Waals surface area contributed by atoms with Crippen LogP contribution in [-0.2, 0) is 0 Å². The van der Waals surface area contributed by atoms with Crippen molar-refractivity contribution in [1.29, 1.82) is 0 Å². The number of likely N-dealkylation sites (tertiary alicyclic amines) is 1. The Balaban J connectivity index is 1.88. The van der Waals surface area contributed by atoms with Crippen molar-refractivity contribution in [1.82, 2.24) is 10.1 Å². The standard InChI is InChI=1S/C15H16ClN3O2/c16-11-5-3-10(4-6-11)14-13(9-21-18-14)15(20)19-7-1-2-12(17)8-19/h3-6,9,12H,1-2,7-8,17H2/t12-/m1/s1. The third-order valence-electron chi connectivity index (χ3n) is 3.66. The Bertz CT molecular complexity index is 639. The fourth-order valence-corrected chi connectivity index (χ4v) is 2.70. The molecule has 1 saturated heterocycles. The highest BCUT2D eigenvalue weighted by atomic mass is 35.5. The van der Waals surface area contributed by atoms with Crippen LogP contribution >= 0.6 is 11.6 Å². The number of carbonyl (C=O) groups is 1. The van der Waals surface area contributed by atoms with Crippen molar-refractivity contribution < 1.29 is 9.32 Å². The molecule has 0 spiro atoms. The maximum atomic E-state index is 12.6. The Morgan fingerprint density at radius 2 is 2.14 bits per heavy atom. The SMILES string of the molecule is N[C@@H]1CCCN(C(=O)c2conc2-c2ccc(Cl)cc2)C1. The van der Waals surface area contributed by atoms with Crippen LogP contribution in [-0.4, -0.2) is 35.1 Å². The number of piperidine rings is 1. The number of carbonyl (C=O) groups excluding carboxylic acids is 1. The summed E-state index contributed by atoms with van der Waals surface area (Å²) in [5.41, 5.74) is 7.74. The molecule has 1 amide bonds. The Labute approximate surface area is 127 Å². The van der Waals surface area contributed by atoms with Crippen molar-refractivity contribution in [2.45, 2.75) is 18.9 Å². The number of rotatable bonds is 2. The van der Waals surface area contributed by atoms with Gasteiger partial charge >= 0.3 is 0 Å². The van der Waals surface area contributed by atoms with E-state index in [0.29, 0.717) is 22.8 Å². The molecule has 0 radical (unpaired) electrons. The monoisotopic (exact) mass is 305 g/mol. The Morgan fingerprint density at radius 3 is 2.86 bits per heavy atom. The van der Waals surface area contributed by atoms with Gasteiger partial charge in [-0.2, -0.15) is 0 Å². The molecule has 5 nitrogen and oxygen atoms in total. The fraction of sp³-hybridized carbons (Fsp3) is 0.333. The largest absolute Gasteiger partial charge is 0.363 e. The van der Waals surface area contributed by atoms with E-state index >= 15 is 0 Å². The van der Waals surface area contributed by atoms with Crippen molar-refractivity contribution in [3.8, 4) is 11.3 Å². The third-order valence-corrected chi connectivity index (χ3v) is 3.91. The summed E-state index contributed by atoms with van der Waals surface area (Å²) in [6, 6.07) is 7.20. The highest BCUT2D eigenvalue weighted by Crippen LogP contribution is 2.25. The normalized spacial score (nSPS) is 18.8. The summed E-state index contributed by atoms with van der Waals surface area (Å²) in [6.07, 6.45) is 3.28. The van der Waals surface area contributed by atoms with Gasteiger partial charge in [-0.1, -0.05) is 28.9 Å². The van der Waals surface area contributed by atoms with E-state index in [1.807, 2.05) is 12.1 Å². The third kappa shape index (κ3) is 2.94. The van der Waals surface area contributed by atoms with Gasteiger partial charge in [0.2, 0.25) is 0 Å². The van der Waals surface area contributed by atoms with Crippen LogP contribution in [0.25, 0.3) is 11.3 Å². The summed E-state index contributed by atoms with van der Waals surface area (Å²) in [5, 5.41) is 4.59. The van der Waals surface area contributed by atoms with E-state index in [-0.39, 0.29) is 11.9 Å². The van der Waals surface area contributed by atoms with Gasteiger partial charge in [0, 0.05) is 29.7 Å². The molecule has 0 aliphatic carbocycles. The molecule has 3 rings (SSSR count). The number of nitrogens with two attached hydrogens (primary N) is 1. The number of halogens is 1. The first-order chi connectivity index (χ1) is 10.1. The molecule has 2 aromatic rings. The van der Waals surface area contributed by atoms with E-state index in [9.17, 15) is 4.79 Å². The van der Waals surface area contributed by atoms with E-state index in [1.165, 1.54) is 6.26 Å². The second-order valence-electron chi connectivity index (χ2n) is 5.24. The van der Waals surface area contributed by atoms with E-state index in [1.54, 1.807) is 17.0 Å². The van der Waals surface area contributed by atoms with Crippen molar-refractivity contribution in [2.24, 2.45) is 5.73 Å². The molecule has 1 aromatic carbocycles. The molecular formula is C15H16ClN3O2. The van der Waals surface area contributed by atoms with Crippen LogP contribution in [0, 0.1) is 0 Å². The molecule has 0 saturated carbocycles. The minimum Gasteiger partial charge on any atom is -0.363 e. The van der Waals surface area contributed by atoms with Gasteiger partial charge in [0.1, 0.15) is 17.5 Å². The number of aromatic nitrogens is 1. The van der Waals surface area contributed by atoms with E-state index in [4.69, 9.17) is 21.9 Å². The summed E-state index contributed by atoms with van der Waals surface area (Å²) >= 11 is 5.88. The van der Waals surface area contributed by atoms with Crippen molar-refractivity contribution in [2.75, 3.05) is 13.1 Å². The van der Waals surface area contributed by atoms with Crippen LogP contribution in [0.3, 0.4) is 0 Å². The fourth-order valence-electron chi connectivity index (χ4n) is 2.57. The van der Waals surface area contributed by atoms with Gasteiger partial charge in [0.05, 0.1) is 0 Å². The molecule has 21 heavy (non-hydrogen) atoms. The summed E-state index contributed by atoms with van der Waals surface area (Å²) in [7, 11) is 0. The number of amides is 1. The Hall–Kier alpha value is -1.85. The number of hydrogen-bond acceptors (Lipinski definition) is 4. The van der Waals surface area contributed by atoms with Crippen LogP contribution in [0.5, 0.6) is 0 Å². The lowest BCUT2D eigenvalue weighted by molar-refractivity contribution is 0.0709. The van der Waals surface area contributed by atoms with Crippen LogP contribution < -0.4 is 5.73 Å². The molecule has 6 heteroatoms. The van der Waals surface area contributed by atoms with Crippen LogP contribution in [0.15, 0.2) is 35.1 Å². The van der Waals surface area contributed by atoms with Gasteiger partial charge in [-0.25, -0.2) is 0 Å². The molecular weight excluding hydrogens is 290 g/mol. The number of nitrogens with zero attached hydrogens (tertiary/aromatic N) is 2. The van der Waals surface area contributed by atoms with Gasteiger partial charge in [-0.15, -0.1) is 0 Å². The summed E-state index contributed by atoms with van der Waals surface area (Å²) in [4.78, 5) is 14.4. The first-order valence-electron chi connectivity index (χ1n) is 6.90. The highest BCUT2D eigenvalue weighted by molar-refractivity contribution is 6.30. The van der Waals surface area contributed by atoms with E-state index in [2.05, 4.69) is 5.16 Å². The summed E-state index contributed by atoms with van der Waals surface area (Å²) < 4.78 is 5.01. The lowest BCUT2D eigenvalue weighted by Gasteiger charge is -2.30. The molecule has 110 valence electrons. The van der Waals surface area contributed by atoms with Crippen molar-refractivity contribution >= 4 is 17.5 Å². The van der Waals surface area contributed by atoms with Gasteiger partial charge in [0.25, 0.3) is 5.91 Å². The molecule has 0 unspecified atom stereocenters. The molecule has 2 N–H and O–H groups in total. The zero-order chi connectivity index (χ0) is 14.8. The minimum absolute atomic E-state index is 0.0431. The summed E-state index contributed by atoms with van der Waals surface area (Å²) in [6.45, 7) is 1.29. The van der Waals surface area contributed by atoms with Crippen LogP contribution in [0.4, 0.5) is 0 Å².